The van der Waals surface area contributed by atoms with Crippen LogP contribution in [0.2, 0.25) is 0 Å². The largest absolute Gasteiger partial charge is 0.445 e. The molecule has 0 bridgehead atoms. The Bertz CT molecular complexity index is 932. The highest BCUT2D eigenvalue weighted by molar-refractivity contribution is 5.90. The van der Waals surface area contributed by atoms with E-state index in [0.29, 0.717) is 31.5 Å². The predicted molar refractivity (Wildman–Crippen MR) is 124 cm³/mol. The monoisotopic (exact) mass is 452 g/mol. The molecule has 0 aromatic heterocycles. The molecule has 176 valence electrons. The fraction of sp³-hybridized carbons (Fsp3) is 0.423. The predicted octanol–water partition coefficient (Wildman–Crippen LogP) is 4.87. The Labute approximate surface area is 195 Å². The molecular formula is C26H32N2O5. The van der Waals surface area contributed by atoms with Crippen molar-refractivity contribution in [3.8, 4) is 0 Å². The van der Waals surface area contributed by atoms with Crippen molar-refractivity contribution in [2.75, 3.05) is 13.1 Å². The summed E-state index contributed by atoms with van der Waals surface area (Å²) in [5, 5.41) is 2.75. The summed E-state index contributed by atoms with van der Waals surface area (Å²) in [5.41, 5.74) is 1.00. The van der Waals surface area contributed by atoms with E-state index in [9.17, 15) is 14.4 Å². The lowest BCUT2D eigenvalue weighted by atomic mass is 9.86. The molecule has 1 aliphatic heterocycles. The van der Waals surface area contributed by atoms with Crippen LogP contribution in [0.5, 0.6) is 0 Å². The van der Waals surface area contributed by atoms with Crippen LogP contribution in [0.15, 0.2) is 60.7 Å². The maximum absolute atomic E-state index is 13.4. The number of amides is 2. The van der Waals surface area contributed by atoms with Gasteiger partial charge in [-0.1, -0.05) is 60.7 Å². The third-order valence-corrected chi connectivity index (χ3v) is 5.44. The van der Waals surface area contributed by atoms with Crippen LogP contribution in [0.1, 0.15) is 50.8 Å². The lowest BCUT2D eigenvalue weighted by molar-refractivity contribution is -0.126. The van der Waals surface area contributed by atoms with Crippen LogP contribution in [0.4, 0.5) is 9.59 Å². The van der Waals surface area contributed by atoms with Crippen LogP contribution >= 0.6 is 0 Å². The first-order chi connectivity index (χ1) is 15.7. The van der Waals surface area contributed by atoms with E-state index in [1.165, 1.54) is 0 Å². The summed E-state index contributed by atoms with van der Waals surface area (Å²) in [6, 6.07) is 17.7. The van der Waals surface area contributed by atoms with E-state index in [4.69, 9.17) is 9.47 Å². The van der Waals surface area contributed by atoms with E-state index < -0.39 is 17.7 Å². The van der Waals surface area contributed by atoms with Gasteiger partial charge in [0.15, 0.2) is 5.78 Å². The SMILES string of the molecule is CC(C)(C)OC(=O)N1CCC(C(=O)[C@H](NC(=O)OCc2ccccc2)c2ccccc2)CC1. The third-order valence-electron chi connectivity index (χ3n) is 5.44. The van der Waals surface area contributed by atoms with Crippen LogP contribution in [0.3, 0.4) is 0 Å². The Morgan fingerprint density at radius 3 is 2.12 bits per heavy atom. The van der Waals surface area contributed by atoms with E-state index in [1.807, 2.05) is 81.4 Å². The van der Waals surface area contributed by atoms with Crippen molar-refractivity contribution >= 4 is 18.0 Å². The van der Waals surface area contributed by atoms with Gasteiger partial charge in [0, 0.05) is 19.0 Å². The molecule has 2 aromatic carbocycles. The van der Waals surface area contributed by atoms with Gasteiger partial charge in [0.2, 0.25) is 0 Å². The van der Waals surface area contributed by atoms with Gasteiger partial charge in [-0.05, 0) is 44.7 Å². The second-order valence-corrected chi connectivity index (χ2v) is 9.19. The third kappa shape index (κ3) is 7.34. The molecule has 0 radical (unpaired) electrons. The lowest BCUT2D eigenvalue weighted by Gasteiger charge is -2.34. The molecular weight excluding hydrogens is 420 g/mol. The summed E-state index contributed by atoms with van der Waals surface area (Å²) in [6.45, 7) is 6.48. The number of alkyl carbamates (subject to hydrolysis) is 1. The van der Waals surface area contributed by atoms with Crippen LogP contribution in [-0.4, -0.2) is 41.6 Å². The average molecular weight is 453 g/mol. The van der Waals surface area contributed by atoms with Gasteiger partial charge in [0.25, 0.3) is 0 Å². The fourth-order valence-electron chi connectivity index (χ4n) is 3.76. The number of carbonyl (C=O) groups is 3. The van der Waals surface area contributed by atoms with E-state index in [2.05, 4.69) is 5.32 Å². The number of ether oxygens (including phenoxy) is 2. The summed E-state index contributed by atoms with van der Waals surface area (Å²) in [6.07, 6.45) is 0.0208. The molecule has 33 heavy (non-hydrogen) atoms. The molecule has 1 atom stereocenters. The molecule has 1 heterocycles. The smallest absolute Gasteiger partial charge is 0.410 e. The van der Waals surface area contributed by atoms with Gasteiger partial charge in [-0.25, -0.2) is 9.59 Å². The quantitative estimate of drug-likeness (QED) is 0.676. The summed E-state index contributed by atoms with van der Waals surface area (Å²) in [5.74, 6) is -0.356. The first-order valence-corrected chi connectivity index (χ1v) is 11.3. The highest BCUT2D eigenvalue weighted by Gasteiger charge is 2.34. The number of nitrogens with one attached hydrogen (secondary N) is 1. The zero-order valence-electron chi connectivity index (χ0n) is 19.5. The molecule has 1 saturated heterocycles. The van der Waals surface area contributed by atoms with Crippen molar-refractivity contribution in [1.29, 1.82) is 0 Å². The number of rotatable bonds is 6. The number of benzene rings is 2. The molecule has 2 aromatic rings. The molecule has 7 heteroatoms. The molecule has 0 spiro atoms. The second kappa shape index (κ2) is 11.0. The van der Waals surface area contributed by atoms with Crippen LogP contribution in [0.25, 0.3) is 0 Å². The summed E-state index contributed by atoms with van der Waals surface area (Å²) in [4.78, 5) is 39.9. The maximum atomic E-state index is 13.4. The minimum Gasteiger partial charge on any atom is -0.445 e. The first-order valence-electron chi connectivity index (χ1n) is 11.3. The second-order valence-electron chi connectivity index (χ2n) is 9.19. The molecule has 3 rings (SSSR count). The van der Waals surface area contributed by atoms with Gasteiger partial charge in [-0.3, -0.25) is 4.79 Å². The Hall–Kier alpha value is -3.35. The minimum atomic E-state index is -0.812. The molecule has 2 amide bonds. The number of hydrogen-bond acceptors (Lipinski definition) is 5. The van der Waals surface area contributed by atoms with Gasteiger partial charge >= 0.3 is 12.2 Å². The van der Waals surface area contributed by atoms with Crippen molar-refractivity contribution in [3.63, 3.8) is 0 Å². The first kappa shape index (κ1) is 24.3. The molecule has 0 aliphatic carbocycles. The number of hydrogen-bond donors (Lipinski definition) is 1. The standard InChI is InChI=1S/C26H32N2O5/c1-26(2,3)33-25(31)28-16-14-21(15-17-28)23(29)22(20-12-8-5-9-13-20)27-24(30)32-18-19-10-6-4-7-11-19/h4-13,21-22H,14-18H2,1-3H3,(H,27,30)/t22-/m1/s1. The summed E-state index contributed by atoms with van der Waals surface area (Å²) >= 11 is 0. The van der Waals surface area contributed by atoms with Gasteiger partial charge in [0.1, 0.15) is 18.2 Å². The molecule has 1 fully saturated rings. The van der Waals surface area contributed by atoms with E-state index in [0.717, 1.165) is 5.56 Å². The van der Waals surface area contributed by atoms with Gasteiger partial charge in [0.05, 0.1) is 0 Å². The summed E-state index contributed by atoms with van der Waals surface area (Å²) < 4.78 is 10.8. The van der Waals surface area contributed by atoms with Crippen LogP contribution in [-0.2, 0) is 20.9 Å². The zero-order valence-corrected chi connectivity index (χ0v) is 19.5. The van der Waals surface area contributed by atoms with Crippen LogP contribution < -0.4 is 5.32 Å². The Kier molecular flexibility index (Phi) is 8.09. The van der Waals surface area contributed by atoms with Crippen molar-refractivity contribution in [2.45, 2.75) is 51.9 Å². The molecule has 7 nitrogen and oxygen atoms in total. The molecule has 0 unspecified atom stereocenters. The van der Waals surface area contributed by atoms with Gasteiger partial charge in [-0.2, -0.15) is 0 Å². The van der Waals surface area contributed by atoms with E-state index in [-0.39, 0.29) is 24.4 Å². The van der Waals surface area contributed by atoms with Crippen molar-refractivity contribution in [1.82, 2.24) is 10.2 Å². The van der Waals surface area contributed by atoms with Crippen molar-refractivity contribution in [3.05, 3.63) is 71.8 Å². The average Bonchev–Trinajstić information content (AvgIpc) is 2.81. The number of carbonyl (C=O) groups excluding carboxylic acids is 3. The number of piperidine rings is 1. The zero-order chi connectivity index (χ0) is 23.8. The van der Waals surface area contributed by atoms with Crippen LogP contribution in [0, 0.1) is 5.92 Å². The molecule has 1 aliphatic rings. The maximum Gasteiger partial charge on any atom is 0.410 e. The summed E-state index contributed by atoms with van der Waals surface area (Å²) in [7, 11) is 0. The molecule has 0 saturated carbocycles. The van der Waals surface area contributed by atoms with E-state index >= 15 is 0 Å². The Balaban J connectivity index is 1.62. The van der Waals surface area contributed by atoms with Gasteiger partial charge < -0.3 is 19.7 Å². The highest BCUT2D eigenvalue weighted by Crippen LogP contribution is 2.26. The Morgan fingerprint density at radius 2 is 1.55 bits per heavy atom. The normalized spacial score (nSPS) is 15.4. The highest BCUT2D eigenvalue weighted by atomic mass is 16.6. The topological polar surface area (TPSA) is 84.9 Å². The fourth-order valence-corrected chi connectivity index (χ4v) is 3.76. The number of ketones is 1. The molecule has 1 N–H and O–H groups in total. The van der Waals surface area contributed by atoms with E-state index in [1.54, 1.807) is 4.90 Å². The number of nitrogens with zero attached hydrogens (tertiary/aromatic N) is 1. The van der Waals surface area contributed by atoms with Crippen molar-refractivity contribution < 1.29 is 23.9 Å². The van der Waals surface area contributed by atoms with Crippen molar-refractivity contribution in [2.24, 2.45) is 5.92 Å². The van der Waals surface area contributed by atoms with Gasteiger partial charge in [-0.15, -0.1) is 0 Å². The number of Topliss-reactive ketones (excluding diaryl/α,β-unsaturated/α-hetero) is 1. The number of likely N-dealkylation sites (tertiary alicyclic amines) is 1. The minimum absolute atomic E-state index is 0.0818. The lowest BCUT2D eigenvalue weighted by Crippen LogP contribution is -2.45. The Morgan fingerprint density at radius 1 is 0.970 bits per heavy atom.